The van der Waals surface area contributed by atoms with E-state index >= 15 is 0 Å². The number of fused-ring (bicyclic) bond motifs is 1. The van der Waals surface area contributed by atoms with Gasteiger partial charge in [0.05, 0.1) is 21.6 Å². The highest BCUT2D eigenvalue weighted by atomic mass is 35.5. The van der Waals surface area contributed by atoms with E-state index in [1.807, 2.05) is 19.1 Å². The number of aryl methyl sites for hydroxylation is 1. The van der Waals surface area contributed by atoms with E-state index in [9.17, 15) is 4.79 Å². The molecular formula is C19H17ClN6OS. The number of aromatic nitrogens is 5. The Morgan fingerprint density at radius 1 is 1.18 bits per heavy atom. The molecule has 0 spiro atoms. The molecule has 1 fully saturated rings. The molecule has 7 nitrogen and oxygen atoms in total. The Kier molecular flexibility index (Phi) is 4.17. The molecule has 0 amide bonds. The van der Waals surface area contributed by atoms with Crippen LogP contribution in [0, 0.1) is 6.92 Å². The Balaban J connectivity index is 1.53. The number of benzene rings is 1. The molecule has 0 radical (unpaired) electrons. The molecule has 0 unspecified atom stereocenters. The first-order chi connectivity index (χ1) is 13.6. The van der Waals surface area contributed by atoms with Crippen molar-refractivity contribution in [3.05, 3.63) is 51.5 Å². The Morgan fingerprint density at radius 3 is 2.79 bits per heavy atom. The third-order valence-corrected chi connectivity index (χ3v) is 6.15. The lowest BCUT2D eigenvalue weighted by atomic mass is 10.2. The van der Waals surface area contributed by atoms with Crippen LogP contribution in [0.4, 0.5) is 5.95 Å². The van der Waals surface area contributed by atoms with E-state index in [0.29, 0.717) is 15.8 Å². The van der Waals surface area contributed by atoms with E-state index in [-0.39, 0.29) is 5.56 Å². The number of nitrogens with zero attached hydrogens (tertiary/aromatic N) is 5. The molecular weight excluding hydrogens is 396 g/mol. The molecule has 3 aromatic heterocycles. The maximum Gasteiger partial charge on any atom is 0.273 e. The minimum atomic E-state index is -0.178. The predicted octanol–water partition coefficient (Wildman–Crippen LogP) is 3.79. The fraction of sp³-hybridized carbons (Fsp3) is 0.263. The standard InChI is InChI=1S/C19H17ClN6OS/c1-11-13(10-21-18(22-11)25-6-2-3-7-25)14-9-17(27)26(24-14)19-23-15-8-12(20)4-5-16(15)28-19/h4-5,8-10,24H,2-3,6-7H2,1H3. The minimum absolute atomic E-state index is 0.178. The summed E-state index contributed by atoms with van der Waals surface area (Å²) in [5.74, 6) is 0.753. The second-order valence-corrected chi connectivity index (χ2v) is 8.26. The second kappa shape index (κ2) is 6.72. The predicted molar refractivity (Wildman–Crippen MR) is 112 cm³/mol. The van der Waals surface area contributed by atoms with E-state index in [2.05, 4.69) is 25.0 Å². The summed E-state index contributed by atoms with van der Waals surface area (Å²) in [7, 11) is 0. The van der Waals surface area contributed by atoms with Crippen LogP contribution in [-0.2, 0) is 0 Å². The maximum atomic E-state index is 12.6. The monoisotopic (exact) mass is 412 g/mol. The average molecular weight is 413 g/mol. The number of halogens is 1. The van der Waals surface area contributed by atoms with Crippen LogP contribution in [0.1, 0.15) is 18.5 Å². The van der Waals surface area contributed by atoms with Gasteiger partial charge in [-0.05, 0) is 38.0 Å². The molecule has 28 heavy (non-hydrogen) atoms. The van der Waals surface area contributed by atoms with E-state index in [1.54, 1.807) is 18.3 Å². The summed E-state index contributed by atoms with van der Waals surface area (Å²) in [6, 6.07) is 7.07. The van der Waals surface area contributed by atoms with Crippen LogP contribution in [-0.4, -0.2) is 37.8 Å². The molecule has 0 atom stereocenters. The first kappa shape index (κ1) is 17.4. The zero-order valence-corrected chi connectivity index (χ0v) is 16.7. The number of H-pyrrole nitrogens is 1. The molecule has 1 saturated heterocycles. The molecule has 4 aromatic rings. The third kappa shape index (κ3) is 2.98. The zero-order chi connectivity index (χ0) is 19.3. The van der Waals surface area contributed by atoms with Gasteiger partial charge < -0.3 is 4.90 Å². The van der Waals surface area contributed by atoms with E-state index in [0.717, 1.165) is 40.5 Å². The van der Waals surface area contributed by atoms with Crippen LogP contribution < -0.4 is 10.5 Å². The number of thiazole rings is 1. The van der Waals surface area contributed by atoms with Crippen molar-refractivity contribution in [3.8, 4) is 16.4 Å². The van der Waals surface area contributed by atoms with Crippen LogP contribution >= 0.6 is 22.9 Å². The normalized spacial score (nSPS) is 14.3. The lowest BCUT2D eigenvalue weighted by Crippen LogP contribution is -2.20. The van der Waals surface area contributed by atoms with Crippen molar-refractivity contribution in [3.63, 3.8) is 0 Å². The molecule has 9 heteroatoms. The summed E-state index contributed by atoms with van der Waals surface area (Å²) in [6.45, 7) is 3.92. The van der Waals surface area contributed by atoms with Gasteiger partial charge in [-0.3, -0.25) is 9.89 Å². The van der Waals surface area contributed by atoms with Crippen molar-refractivity contribution in [2.45, 2.75) is 19.8 Å². The molecule has 0 aliphatic carbocycles. The largest absolute Gasteiger partial charge is 0.341 e. The summed E-state index contributed by atoms with van der Waals surface area (Å²) in [6.07, 6.45) is 4.13. The first-order valence-corrected chi connectivity index (χ1v) is 10.3. The molecule has 142 valence electrons. The Morgan fingerprint density at radius 2 is 2.00 bits per heavy atom. The van der Waals surface area contributed by atoms with Gasteiger partial charge >= 0.3 is 0 Å². The molecule has 1 aliphatic rings. The summed E-state index contributed by atoms with van der Waals surface area (Å²) in [5.41, 5.74) is 2.91. The first-order valence-electron chi connectivity index (χ1n) is 9.06. The molecule has 1 N–H and O–H groups in total. The fourth-order valence-corrected chi connectivity index (χ4v) is 4.53. The van der Waals surface area contributed by atoms with E-state index in [4.69, 9.17) is 11.6 Å². The van der Waals surface area contributed by atoms with Crippen molar-refractivity contribution < 1.29 is 0 Å². The summed E-state index contributed by atoms with van der Waals surface area (Å²) < 4.78 is 2.42. The molecule has 0 saturated carbocycles. The van der Waals surface area contributed by atoms with Gasteiger partial charge in [0, 0.05) is 35.9 Å². The lowest BCUT2D eigenvalue weighted by molar-refractivity contribution is 0.843. The van der Waals surface area contributed by atoms with Crippen LogP contribution in [0.25, 0.3) is 26.6 Å². The number of hydrogen-bond acceptors (Lipinski definition) is 6. The SMILES string of the molecule is Cc1nc(N2CCCC2)ncc1-c1cc(=O)n(-c2nc3cc(Cl)ccc3s2)[nH]1. The van der Waals surface area contributed by atoms with Gasteiger partial charge in [0.1, 0.15) is 0 Å². The van der Waals surface area contributed by atoms with Crippen LogP contribution in [0.2, 0.25) is 5.02 Å². The number of nitrogens with one attached hydrogen (secondary N) is 1. The van der Waals surface area contributed by atoms with Crippen LogP contribution in [0.5, 0.6) is 0 Å². The lowest BCUT2D eigenvalue weighted by Gasteiger charge is -2.15. The van der Waals surface area contributed by atoms with Crippen molar-refractivity contribution in [1.29, 1.82) is 0 Å². The summed E-state index contributed by atoms with van der Waals surface area (Å²) >= 11 is 7.47. The number of aromatic amines is 1. The minimum Gasteiger partial charge on any atom is -0.341 e. The number of anilines is 1. The van der Waals surface area contributed by atoms with Gasteiger partial charge in [-0.15, -0.1) is 0 Å². The molecule has 5 rings (SSSR count). The van der Waals surface area contributed by atoms with Crippen molar-refractivity contribution in [2.75, 3.05) is 18.0 Å². The second-order valence-electron chi connectivity index (χ2n) is 6.82. The molecule has 0 bridgehead atoms. The van der Waals surface area contributed by atoms with Gasteiger partial charge in [0.25, 0.3) is 5.56 Å². The molecule has 1 aliphatic heterocycles. The molecule has 4 heterocycles. The van der Waals surface area contributed by atoms with E-state index < -0.39 is 0 Å². The summed E-state index contributed by atoms with van der Waals surface area (Å²) in [5, 5.41) is 4.34. The highest BCUT2D eigenvalue weighted by Crippen LogP contribution is 2.27. The highest BCUT2D eigenvalue weighted by Gasteiger charge is 2.18. The Labute approximate surface area is 169 Å². The maximum absolute atomic E-state index is 12.6. The Bertz CT molecular complexity index is 1240. The van der Waals surface area contributed by atoms with Crippen LogP contribution in [0.15, 0.2) is 35.3 Å². The van der Waals surface area contributed by atoms with Crippen molar-refractivity contribution in [2.24, 2.45) is 0 Å². The molecule has 1 aromatic carbocycles. The Hall–Kier alpha value is -2.71. The van der Waals surface area contributed by atoms with Gasteiger partial charge in [-0.1, -0.05) is 22.9 Å². The van der Waals surface area contributed by atoms with E-state index in [1.165, 1.54) is 28.9 Å². The highest BCUT2D eigenvalue weighted by molar-refractivity contribution is 7.20. The number of rotatable bonds is 3. The quantitative estimate of drug-likeness (QED) is 0.553. The van der Waals surface area contributed by atoms with Crippen LogP contribution in [0.3, 0.4) is 0 Å². The summed E-state index contributed by atoms with van der Waals surface area (Å²) in [4.78, 5) is 28.4. The smallest absolute Gasteiger partial charge is 0.273 e. The number of hydrogen-bond donors (Lipinski definition) is 1. The van der Waals surface area contributed by atoms with Gasteiger partial charge in [-0.2, -0.15) is 4.68 Å². The third-order valence-electron chi connectivity index (χ3n) is 4.90. The fourth-order valence-electron chi connectivity index (χ4n) is 3.45. The van der Waals surface area contributed by atoms with Crippen molar-refractivity contribution >= 4 is 39.1 Å². The van der Waals surface area contributed by atoms with Gasteiger partial charge in [0.2, 0.25) is 11.1 Å². The van der Waals surface area contributed by atoms with Gasteiger partial charge in [0.15, 0.2) is 0 Å². The topological polar surface area (TPSA) is 79.7 Å². The van der Waals surface area contributed by atoms with Gasteiger partial charge in [-0.25, -0.2) is 15.0 Å². The van der Waals surface area contributed by atoms with Crippen molar-refractivity contribution in [1.82, 2.24) is 24.7 Å². The zero-order valence-electron chi connectivity index (χ0n) is 15.1. The average Bonchev–Trinajstić information content (AvgIpc) is 3.40.